The predicted octanol–water partition coefficient (Wildman–Crippen LogP) is 1.70. The largest absolute Gasteiger partial charge is 0.302 e. The topological polar surface area (TPSA) is 37.4 Å². The van der Waals surface area contributed by atoms with Gasteiger partial charge >= 0.3 is 0 Å². The molecule has 3 nitrogen and oxygen atoms in total. The van der Waals surface area contributed by atoms with Gasteiger partial charge in [-0.05, 0) is 30.1 Å². The Kier molecular flexibility index (Phi) is 5.35. The van der Waals surface area contributed by atoms with Gasteiger partial charge in [0, 0.05) is 13.1 Å². The molecule has 1 aliphatic rings. The number of thiol groups is 1. The zero-order valence-corrected chi connectivity index (χ0v) is 12.9. The minimum absolute atomic E-state index is 0.229. The van der Waals surface area contributed by atoms with Crippen LogP contribution in [0.1, 0.15) is 27.2 Å². The minimum Gasteiger partial charge on any atom is -0.302 e. The smallest absolute Gasteiger partial charge is 0.151 e. The van der Waals surface area contributed by atoms with Crippen LogP contribution in [0.5, 0.6) is 0 Å². The van der Waals surface area contributed by atoms with Gasteiger partial charge in [-0.1, -0.05) is 20.8 Å². The lowest BCUT2D eigenvalue weighted by atomic mass is 9.81. The van der Waals surface area contributed by atoms with Gasteiger partial charge in [-0.2, -0.15) is 12.6 Å². The predicted molar refractivity (Wildman–Crippen MR) is 76.5 cm³/mol. The number of hydrogen-bond donors (Lipinski definition) is 1. The first kappa shape index (κ1) is 15.3. The van der Waals surface area contributed by atoms with Crippen molar-refractivity contribution in [1.29, 1.82) is 0 Å². The molecule has 1 heterocycles. The molecule has 1 fully saturated rings. The third-order valence-electron chi connectivity index (χ3n) is 3.57. The normalized spacial score (nSPS) is 24.2. The average molecular weight is 279 g/mol. The molecule has 5 heteroatoms. The van der Waals surface area contributed by atoms with Gasteiger partial charge < -0.3 is 4.90 Å². The van der Waals surface area contributed by atoms with Crippen molar-refractivity contribution in [1.82, 2.24) is 4.90 Å². The summed E-state index contributed by atoms with van der Waals surface area (Å²) in [7, 11) is -2.79. The fourth-order valence-electron chi connectivity index (χ4n) is 2.09. The van der Waals surface area contributed by atoms with E-state index in [2.05, 4.69) is 38.3 Å². The third kappa shape index (κ3) is 5.18. The lowest BCUT2D eigenvalue weighted by Gasteiger charge is -2.34. The van der Waals surface area contributed by atoms with Crippen LogP contribution in [0.25, 0.3) is 0 Å². The van der Waals surface area contributed by atoms with E-state index in [0.717, 1.165) is 25.3 Å². The maximum atomic E-state index is 11.5. The highest BCUT2D eigenvalue weighted by Crippen LogP contribution is 2.28. The minimum atomic E-state index is -2.79. The Morgan fingerprint density at radius 2 is 1.88 bits per heavy atom. The molecular formula is C12H25NO2S2. The Morgan fingerprint density at radius 1 is 1.24 bits per heavy atom. The molecule has 0 amide bonds. The lowest BCUT2D eigenvalue weighted by molar-refractivity contribution is 0.172. The molecular weight excluding hydrogens is 254 g/mol. The van der Waals surface area contributed by atoms with E-state index in [-0.39, 0.29) is 5.41 Å². The molecule has 1 saturated heterocycles. The van der Waals surface area contributed by atoms with Crippen molar-refractivity contribution in [2.75, 3.05) is 36.9 Å². The van der Waals surface area contributed by atoms with Gasteiger partial charge in [0.1, 0.15) is 0 Å². The molecule has 1 atom stereocenters. The molecule has 0 aromatic heterocycles. The number of hydrogen-bond acceptors (Lipinski definition) is 4. The Morgan fingerprint density at radius 3 is 2.41 bits per heavy atom. The Bertz CT molecular complexity index is 333. The molecule has 0 bridgehead atoms. The molecule has 1 unspecified atom stereocenters. The van der Waals surface area contributed by atoms with Gasteiger partial charge in [-0.25, -0.2) is 8.42 Å². The lowest BCUT2D eigenvalue weighted by Crippen LogP contribution is -2.38. The Labute approximate surface area is 111 Å². The highest BCUT2D eigenvalue weighted by atomic mass is 32.2. The van der Waals surface area contributed by atoms with Crippen LogP contribution in [0.2, 0.25) is 0 Å². The van der Waals surface area contributed by atoms with E-state index < -0.39 is 9.84 Å². The molecule has 0 spiro atoms. The van der Waals surface area contributed by atoms with Crippen LogP contribution in [0.15, 0.2) is 0 Å². The molecule has 0 aromatic carbocycles. The van der Waals surface area contributed by atoms with Gasteiger partial charge in [-0.3, -0.25) is 0 Å². The molecule has 0 saturated carbocycles. The van der Waals surface area contributed by atoms with Crippen molar-refractivity contribution in [3.05, 3.63) is 0 Å². The second-order valence-electron chi connectivity index (χ2n) is 6.05. The SMILES string of the molecule is CC(C)(C)C(CS)CN1CCCS(=O)(=O)CC1. The quantitative estimate of drug-likeness (QED) is 0.799. The summed E-state index contributed by atoms with van der Waals surface area (Å²) in [5, 5.41) is 0. The van der Waals surface area contributed by atoms with Gasteiger partial charge in [0.2, 0.25) is 0 Å². The zero-order chi connectivity index (χ0) is 13.1. The second-order valence-corrected chi connectivity index (χ2v) is 8.72. The summed E-state index contributed by atoms with van der Waals surface area (Å²) in [5.74, 6) is 2.03. The third-order valence-corrected chi connectivity index (χ3v) is 5.73. The zero-order valence-electron chi connectivity index (χ0n) is 11.1. The standard InChI is InChI=1S/C12H25NO2S2/c1-12(2,3)11(10-16)9-13-5-4-7-17(14,15)8-6-13/h11,16H,4-10H2,1-3H3. The van der Waals surface area contributed by atoms with Crippen LogP contribution < -0.4 is 0 Å². The Hall–Kier alpha value is 0.260. The van der Waals surface area contributed by atoms with E-state index >= 15 is 0 Å². The van der Waals surface area contributed by atoms with E-state index in [0.29, 0.717) is 24.0 Å². The van der Waals surface area contributed by atoms with Gasteiger partial charge in [0.15, 0.2) is 9.84 Å². The van der Waals surface area contributed by atoms with Crippen LogP contribution >= 0.6 is 12.6 Å². The fraction of sp³-hybridized carbons (Fsp3) is 1.00. The van der Waals surface area contributed by atoms with Crippen molar-refractivity contribution in [2.24, 2.45) is 11.3 Å². The summed E-state index contributed by atoms with van der Waals surface area (Å²) in [6, 6.07) is 0. The Balaban J connectivity index is 2.57. The molecule has 0 N–H and O–H groups in total. The molecule has 0 radical (unpaired) electrons. The first-order valence-electron chi connectivity index (χ1n) is 6.28. The highest BCUT2D eigenvalue weighted by Gasteiger charge is 2.27. The maximum absolute atomic E-state index is 11.5. The molecule has 0 aliphatic carbocycles. The monoisotopic (exact) mass is 279 g/mol. The molecule has 1 rings (SSSR count). The van der Waals surface area contributed by atoms with E-state index in [4.69, 9.17) is 0 Å². The van der Waals surface area contributed by atoms with E-state index in [9.17, 15) is 8.42 Å². The molecule has 102 valence electrons. The number of sulfone groups is 1. The summed E-state index contributed by atoms with van der Waals surface area (Å²) < 4.78 is 23.1. The highest BCUT2D eigenvalue weighted by molar-refractivity contribution is 7.91. The first-order valence-corrected chi connectivity index (χ1v) is 8.73. The van der Waals surface area contributed by atoms with Crippen molar-refractivity contribution < 1.29 is 8.42 Å². The van der Waals surface area contributed by atoms with Crippen molar-refractivity contribution in [2.45, 2.75) is 27.2 Å². The summed E-state index contributed by atoms with van der Waals surface area (Å²) in [5.41, 5.74) is 0.229. The molecule has 17 heavy (non-hydrogen) atoms. The van der Waals surface area contributed by atoms with E-state index in [1.807, 2.05) is 0 Å². The van der Waals surface area contributed by atoms with Crippen LogP contribution in [0.4, 0.5) is 0 Å². The second kappa shape index (κ2) is 5.93. The van der Waals surface area contributed by atoms with Crippen molar-refractivity contribution >= 4 is 22.5 Å². The van der Waals surface area contributed by atoms with Gasteiger partial charge in [0.05, 0.1) is 11.5 Å². The molecule has 1 aliphatic heterocycles. The summed E-state index contributed by atoms with van der Waals surface area (Å²) in [6.07, 6.45) is 0.770. The average Bonchev–Trinajstić information content (AvgIpc) is 2.34. The number of nitrogens with zero attached hydrogens (tertiary/aromatic N) is 1. The molecule has 0 aromatic rings. The maximum Gasteiger partial charge on any atom is 0.151 e. The first-order chi connectivity index (χ1) is 7.74. The van der Waals surface area contributed by atoms with E-state index in [1.165, 1.54) is 0 Å². The van der Waals surface area contributed by atoms with E-state index in [1.54, 1.807) is 0 Å². The summed E-state index contributed by atoms with van der Waals surface area (Å²) in [4.78, 5) is 2.29. The summed E-state index contributed by atoms with van der Waals surface area (Å²) in [6.45, 7) is 9.22. The summed E-state index contributed by atoms with van der Waals surface area (Å²) >= 11 is 4.42. The number of rotatable bonds is 3. The van der Waals surface area contributed by atoms with Crippen LogP contribution in [0.3, 0.4) is 0 Å². The van der Waals surface area contributed by atoms with Crippen LogP contribution in [0, 0.1) is 11.3 Å². The fourth-order valence-corrected chi connectivity index (χ4v) is 4.06. The van der Waals surface area contributed by atoms with Crippen LogP contribution in [-0.4, -0.2) is 50.2 Å². The van der Waals surface area contributed by atoms with Crippen molar-refractivity contribution in [3.63, 3.8) is 0 Å². The van der Waals surface area contributed by atoms with Gasteiger partial charge in [-0.15, -0.1) is 0 Å². The van der Waals surface area contributed by atoms with Gasteiger partial charge in [0.25, 0.3) is 0 Å². The van der Waals surface area contributed by atoms with Crippen molar-refractivity contribution in [3.8, 4) is 0 Å². The van der Waals surface area contributed by atoms with Crippen LogP contribution in [-0.2, 0) is 9.84 Å².